The Kier molecular flexibility index (Phi) is 4.43. The van der Waals surface area contributed by atoms with E-state index in [0.717, 1.165) is 26.0 Å². The molecule has 0 amide bonds. The van der Waals surface area contributed by atoms with E-state index >= 15 is 0 Å². The second-order valence-electron chi connectivity index (χ2n) is 3.92. The highest BCUT2D eigenvalue weighted by molar-refractivity contribution is 9.10. The number of rotatable bonds is 3. The molecule has 94 valence electrons. The molecule has 0 radical (unpaired) electrons. The van der Waals surface area contributed by atoms with Gasteiger partial charge in [-0.15, -0.1) is 0 Å². The molecule has 2 nitrogen and oxygen atoms in total. The lowest BCUT2D eigenvalue weighted by Gasteiger charge is -2.10. The van der Waals surface area contributed by atoms with E-state index in [9.17, 15) is 5.11 Å². The summed E-state index contributed by atoms with van der Waals surface area (Å²) in [6.45, 7) is 1.73. The molecule has 0 aromatic heterocycles. The third kappa shape index (κ3) is 3.34. The third-order valence-corrected chi connectivity index (χ3v) is 3.69. The summed E-state index contributed by atoms with van der Waals surface area (Å²) in [5, 5.41) is 9.54. The quantitative estimate of drug-likeness (QED) is 0.817. The summed E-state index contributed by atoms with van der Waals surface area (Å²) in [5.41, 5.74) is 0.846. The maximum atomic E-state index is 9.54. The van der Waals surface area contributed by atoms with Crippen molar-refractivity contribution in [2.24, 2.45) is 0 Å². The van der Waals surface area contributed by atoms with E-state index in [-0.39, 0.29) is 0 Å². The van der Waals surface area contributed by atoms with Crippen LogP contribution in [-0.4, -0.2) is 5.11 Å². The smallest absolute Gasteiger partial charge is 0.128 e. The molecule has 1 atom stereocenters. The second-order valence-corrected chi connectivity index (χ2v) is 5.69. The van der Waals surface area contributed by atoms with E-state index < -0.39 is 6.10 Å². The molecule has 0 aliphatic carbocycles. The number of aliphatic hydroxyl groups is 1. The summed E-state index contributed by atoms with van der Waals surface area (Å²) in [7, 11) is 0. The first-order valence-electron chi connectivity index (χ1n) is 5.47. The Morgan fingerprint density at radius 1 is 1.00 bits per heavy atom. The van der Waals surface area contributed by atoms with Gasteiger partial charge in [-0.25, -0.2) is 0 Å². The van der Waals surface area contributed by atoms with Crippen LogP contribution in [0.15, 0.2) is 51.4 Å². The Morgan fingerprint density at radius 2 is 1.61 bits per heavy atom. The van der Waals surface area contributed by atoms with E-state index in [0.29, 0.717) is 0 Å². The molecule has 0 heterocycles. The summed E-state index contributed by atoms with van der Waals surface area (Å²) >= 11 is 6.80. The molecule has 0 fully saturated rings. The van der Waals surface area contributed by atoms with Crippen LogP contribution in [0.1, 0.15) is 18.6 Å². The average Bonchev–Trinajstić information content (AvgIpc) is 2.32. The zero-order chi connectivity index (χ0) is 13.1. The van der Waals surface area contributed by atoms with Gasteiger partial charge in [-0.3, -0.25) is 0 Å². The van der Waals surface area contributed by atoms with E-state index in [4.69, 9.17) is 4.74 Å². The number of hydrogen-bond donors (Lipinski definition) is 1. The first kappa shape index (κ1) is 13.6. The van der Waals surface area contributed by atoms with Crippen molar-refractivity contribution in [3.63, 3.8) is 0 Å². The van der Waals surface area contributed by atoms with Gasteiger partial charge in [0.2, 0.25) is 0 Å². The van der Waals surface area contributed by atoms with Gasteiger partial charge in [-0.05, 0) is 48.9 Å². The number of benzene rings is 2. The van der Waals surface area contributed by atoms with Crippen molar-refractivity contribution in [3.8, 4) is 11.5 Å². The Labute approximate surface area is 123 Å². The first-order valence-corrected chi connectivity index (χ1v) is 7.06. The van der Waals surface area contributed by atoms with Gasteiger partial charge in [0.25, 0.3) is 0 Å². The molecule has 4 heteroatoms. The minimum absolute atomic E-state index is 0.499. The number of aliphatic hydroxyl groups excluding tert-OH is 1. The van der Waals surface area contributed by atoms with Crippen molar-refractivity contribution >= 4 is 31.9 Å². The molecule has 0 aliphatic heterocycles. The van der Waals surface area contributed by atoms with Gasteiger partial charge in [-0.1, -0.05) is 37.9 Å². The van der Waals surface area contributed by atoms with E-state index in [1.165, 1.54) is 0 Å². The minimum Gasteiger partial charge on any atom is -0.457 e. The van der Waals surface area contributed by atoms with Crippen LogP contribution in [0.4, 0.5) is 0 Å². The van der Waals surface area contributed by atoms with Gasteiger partial charge in [0, 0.05) is 8.95 Å². The predicted octanol–water partition coefficient (Wildman–Crippen LogP) is 5.06. The highest BCUT2D eigenvalue weighted by atomic mass is 79.9. The molecule has 1 N–H and O–H groups in total. The van der Waals surface area contributed by atoms with Crippen molar-refractivity contribution in [3.05, 3.63) is 57.0 Å². The zero-order valence-corrected chi connectivity index (χ0v) is 12.9. The topological polar surface area (TPSA) is 29.5 Å². The van der Waals surface area contributed by atoms with E-state index in [1.807, 2.05) is 42.5 Å². The maximum Gasteiger partial charge on any atom is 0.128 e. The summed E-state index contributed by atoms with van der Waals surface area (Å²) in [5.74, 6) is 1.50. The highest BCUT2D eigenvalue weighted by Crippen LogP contribution is 2.30. The summed E-state index contributed by atoms with van der Waals surface area (Å²) in [6.07, 6.45) is -0.499. The largest absolute Gasteiger partial charge is 0.457 e. The molecule has 18 heavy (non-hydrogen) atoms. The Balaban J connectivity index is 2.20. The minimum atomic E-state index is -0.499. The molecule has 0 bridgehead atoms. The lowest BCUT2D eigenvalue weighted by Crippen LogP contribution is -1.93. The van der Waals surface area contributed by atoms with Crippen LogP contribution in [0.25, 0.3) is 0 Å². The van der Waals surface area contributed by atoms with Crippen LogP contribution in [0.2, 0.25) is 0 Å². The molecule has 0 aliphatic rings. The fourth-order valence-electron chi connectivity index (χ4n) is 1.55. The number of hydrogen-bond acceptors (Lipinski definition) is 2. The second kappa shape index (κ2) is 5.87. The normalized spacial score (nSPS) is 12.2. The Morgan fingerprint density at radius 3 is 2.17 bits per heavy atom. The SMILES string of the molecule is CC(O)c1ccc(Oc2ccc(Br)cc2)cc1Br. The van der Waals surface area contributed by atoms with Crippen molar-refractivity contribution in [2.45, 2.75) is 13.0 Å². The van der Waals surface area contributed by atoms with Crippen LogP contribution in [-0.2, 0) is 0 Å². The van der Waals surface area contributed by atoms with Crippen molar-refractivity contribution in [1.29, 1.82) is 0 Å². The van der Waals surface area contributed by atoms with Gasteiger partial charge in [0.1, 0.15) is 11.5 Å². The average molecular weight is 372 g/mol. The van der Waals surface area contributed by atoms with Gasteiger partial charge in [0.15, 0.2) is 0 Å². The fraction of sp³-hybridized carbons (Fsp3) is 0.143. The Hall–Kier alpha value is -0.840. The first-order chi connectivity index (χ1) is 8.56. The van der Waals surface area contributed by atoms with Crippen LogP contribution in [0.3, 0.4) is 0 Å². The molecule has 2 aromatic carbocycles. The molecule has 0 spiro atoms. The van der Waals surface area contributed by atoms with Crippen molar-refractivity contribution < 1.29 is 9.84 Å². The third-order valence-electron chi connectivity index (χ3n) is 2.47. The molecule has 1 unspecified atom stereocenters. The van der Waals surface area contributed by atoms with Crippen molar-refractivity contribution in [1.82, 2.24) is 0 Å². The molecule has 2 aromatic rings. The van der Waals surface area contributed by atoms with Gasteiger partial charge in [-0.2, -0.15) is 0 Å². The molecular formula is C14H12Br2O2. The summed E-state index contributed by atoms with van der Waals surface area (Å²) < 4.78 is 7.57. The lowest BCUT2D eigenvalue weighted by molar-refractivity contribution is 0.198. The lowest BCUT2D eigenvalue weighted by atomic mass is 10.1. The van der Waals surface area contributed by atoms with E-state index in [2.05, 4.69) is 31.9 Å². The highest BCUT2D eigenvalue weighted by Gasteiger charge is 2.07. The molecule has 0 saturated heterocycles. The molecule has 2 rings (SSSR count). The fourth-order valence-corrected chi connectivity index (χ4v) is 2.50. The van der Waals surface area contributed by atoms with Crippen LogP contribution < -0.4 is 4.74 Å². The number of ether oxygens (including phenoxy) is 1. The predicted molar refractivity (Wildman–Crippen MR) is 79.0 cm³/mol. The van der Waals surface area contributed by atoms with E-state index in [1.54, 1.807) is 6.92 Å². The van der Waals surface area contributed by atoms with Gasteiger partial charge in [0.05, 0.1) is 6.10 Å². The Bertz CT molecular complexity index is 536. The van der Waals surface area contributed by atoms with Crippen LogP contribution in [0.5, 0.6) is 11.5 Å². The zero-order valence-electron chi connectivity index (χ0n) is 9.73. The number of halogens is 2. The molecular weight excluding hydrogens is 360 g/mol. The van der Waals surface area contributed by atoms with Crippen LogP contribution in [0, 0.1) is 0 Å². The maximum absolute atomic E-state index is 9.54. The summed E-state index contributed by atoms with van der Waals surface area (Å²) in [4.78, 5) is 0. The summed E-state index contributed by atoms with van der Waals surface area (Å²) in [6, 6.07) is 13.2. The molecule has 0 saturated carbocycles. The van der Waals surface area contributed by atoms with Gasteiger partial charge >= 0.3 is 0 Å². The van der Waals surface area contributed by atoms with Crippen molar-refractivity contribution in [2.75, 3.05) is 0 Å². The monoisotopic (exact) mass is 370 g/mol. The van der Waals surface area contributed by atoms with Gasteiger partial charge < -0.3 is 9.84 Å². The van der Waals surface area contributed by atoms with Crippen LogP contribution >= 0.6 is 31.9 Å². The standard InChI is InChI=1S/C14H12Br2O2/c1-9(17)13-7-6-12(8-14(13)16)18-11-4-2-10(15)3-5-11/h2-9,17H,1H3.